The lowest BCUT2D eigenvalue weighted by Crippen LogP contribution is -2.40. The number of esters is 1. The van der Waals surface area contributed by atoms with Gasteiger partial charge in [0, 0.05) is 18.7 Å². The van der Waals surface area contributed by atoms with Crippen molar-refractivity contribution in [2.24, 2.45) is 5.92 Å². The molecule has 0 saturated carbocycles. The predicted molar refractivity (Wildman–Crippen MR) is 110 cm³/mol. The van der Waals surface area contributed by atoms with Gasteiger partial charge in [0.25, 0.3) is 0 Å². The van der Waals surface area contributed by atoms with E-state index in [9.17, 15) is 26.4 Å². The Hall–Kier alpha value is -2.59. The zero-order valence-corrected chi connectivity index (χ0v) is 18.3. The Morgan fingerprint density at radius 3 is 2.44 bits per heavy atom. The van der Waals surface area contributed by atoms with Gasteiger partial charge in [-0.3, -0.25) is 4.79 Å². The smallest absolute Gasteiger partial charge is 0.416 e. The monoisotopic (exact) mass is 471 g/mol. The number of hydrogen-bond donors (Lipinski definition) is 0. The molecule has 0 aliphatic carbocycles. The van der Waals surface area contributed by atoms with Crippen molar-refractivity contribution in [3.8, 4) is 5.75 Å². The summed E-state index contributed by atoms with van der Waals surface area (Å²) in [6, 6.07) is 10.9. The fourth-order valence-corrected chi connectivity index (χ4v) is 5.02. The second-order valence-electron chi connectivity index (χ2n) is 7.35. The molecule has 0 N–H and O–H groups in total. The van der Waals surface area contributed by atoms with Crippen LogP contribution in [-0.4, -0.2) is 38.4 Å². The van der Waals surface area contributed by atoms with Gasteiger partial charge in [0.1, 0.15) is 12.4 Å². The van der Waals surface area contributed by atoms with Crippen LogP contribution in [0.3, 0.4) is 0 Å². The first-order valence-corrected chi connectivity index (χ1v) is 11.6. The minimum atomic E-state index is -4.64. The van der Waals surface area contributed by atoms with Gasteiger partial charge in [0.2, 0.25) is 10.0 Å². The zero-order valence-electron chi connectivity index (χ0n) is 17.5. The number of ether oxygens (including phenoxy) is 2. The number of nitrogens with zero attached hydrogens (tertiary/aromatic N) is 1. The summed E-state index contributed by atoms with van der Waals surface area (Å²) in [5.41, 5.74) is -0.295. The van der Waals surface area contributed by atoms with Crippen molar-refractivity contribution in [3.63, 3.8) is 0 Å². The molecule has 1 fully saturated rings. The van der Waals surface area contributed by atoms with E-state index in [0.29, 0.717) is 18.4 Å². The Bertz CT molecular complexity index is 1050. The van der Waals surface area contributed by atoms with E-state index in [-0.39, 0.29) is 32.5 Å². The summed E-state index contributed by atoms with van der Waals surface area (Å²) >= 11 is 0. The highest BCUT2D eigenvalue weighted by atomic mass is 32.2. The van der Waals surface area contributed by atoms with Gasteiger partial charge < -0.3 is 9.47 Å². The molecular weight excluding hydrogens is 447 g/mol. The zero-order chi connectivity index (χ0) is 23.4. The van der Waals surface area contributed by atoms with E-state index in [1.54, 1.807) is 12.1 Å². The molecule has 2 aromatic carbocycles. The molecule has 0 radical (unpaired) electrons. The Kier molecular flexibility index (Phi) is 7.45. The summed E-state index contributed by atoms with van der Waals surface area (Å²) in [5, 5.41) is 0. The van der Waals surface area contributed by atoms with Crippen LogP contribution in [0.2, 0.25) is 0 Å². The molecule has 1 heterocycles. The highest BCUT2D eigenvalue weighted by Gasteiger charge is 2.35. The van der Waals surface area contributed by atoms with Crippen LogP contribution < -0.4 is 4.74 Å². The van der Waals surface area contributed by atoms with Gasteiger partial charge in [0.15, 0.2) is 0 Å². The Balaban J connectivity index is 1.59. The van der Waals surface area contributed by atoms with E-state index >= 15 is 0 Å². The molecule has 0 atom stereocenters. The van der Waals surface area contributed by atoms with Crippen LogP contribution in [0.5, 0.6) is 5.75 Å². The molecular formula is C22H24F3NO5S. The molecule has 174 valence electrons. The number of piperidine rings is 1. The molecule has 10 heteroatoms. The molecule has 0 bridgehead atoms. The Morgan fingerprint density at radius 2 is 1.78 bits per heavy atom. The molecule has 2 aromatic rings. The third kappa shape index (κ3) is 5.60. The second kappa shape index (κ2) is 9.91. The molecule has 1 aliphatic rings. The van der Waals surface area contributed by atoms with Gasteiger partial charge in [-0.15, -0.1) is 0 Å². The van der Waals surface area contributed by atoms with Crippen molar-refractivity contribution >= 4 is 16.0 Å². The normalized spacial score (nSPS) is 16.0. The molecule has 32 heavy (non-hydrogen) atoms. The van der Waals surface area contributed by atoms with E-state index in [4.69, 9.17) is 9.47 Å². The van der Waals surface area contributed by atoms with E-state index in [1.807, 2.05) is 19.1 Å². The first-order chi connectivity index (χ1) is 15.1. The van der Waals surface area contributed by atoms with E-state index in [1.165, 1.54) is 0 Å². The molecule has 1 aliphatic heterocycles. The van der Waals surface area contributed by atoms with Gasteiger partial charge in [-0.2, -0.15) is 17.5 Å². The number of benzene rings is 2. The summed E-state index contributed by atoms with van der Waals surface area (Å²) in [4.78, 5) is 12.1. The van der Waals surface area contributed by atoms with Crippen LogP contribution in [0.4, 0.5) is 13.2 Å². The fourth-order valence-electron chi connectivity index (χ4n) is 3.50. The van der Waals surface area contributed by atoms with Crippen molar-refractivity contribution in [2.45, 2.75) is 37.4 Å². The van der Waals surface area contributed by atoms with Gasteiger partial charge in [-0.05, 0) is 44.0 Å². The first kappa shape index (κ1) is 24.1. The summed E-state index contributed by atoms with van der Waals surface area (Å²) in [6.07, 6.45) is -4.18. The number of rotatable bonds is 7. The third-order valence-electron chi connectivity index (χ3n) is 5.23. The van der Waals surface area contributed by atoms with Crippen LogP contribution in [0.1, 0.15) is 30.9 Å². The quantitative estimate of drug-likeness (QED) is 0.565. The van der Waals surface area contributed by atoms with E-state index < -0.39 is 38.5 Å². The number of carbonyl (C=O) groups is 1. The summed E-state index contributed by atoms with van der Waals surface area (Å²) < 4.78 is 76.4. The fraction of sp³-hybridized carbons (Fsp3) is 0.409. The molecule has 0 amide bonds. The standard InChI is InChI=1S/C22H24F3NO5S/c1-2-30-20-9-4-3-6-17(20)15-31-21(27)16-10-12-26(13-11-16)32(28,29)19-8-5-7-18(14-19)22(23,24)25/h3-9,14,16H,2,10-13,15H2,1H3. The summed E-state index contributed by atoms with van der Waals surface area (Å²) in [7, 11) is -4.10. The summed E-state index contributed by atoms with van der Waals surface area (Å²) in [5.74, 6) is -0.292. The van der Waals surface area contributed by atoms with E-state index in [0.717, 1.165) is 28.1 Å². The number of carbonyl (C=O) groups excluding carboxylic acids is 1. The number of hydrogen-bond acceptors (Lipinski definition) is 5. The maximum Gasteiger partial charge on any atom is 0.416 e. The van der Waals surface area contributed by atoms with Crippen LogP contribution >= 0.6 is 0 Å². The topological polar surface area (TPSA) is 72.9 Å². The van der Waals surface area contributed by atoms with Gasteiger partial charge in [-0.25, -0.2) is 8.42 Å². The third-order valence-corrected chi connectivity index (χ3v) is 7.12. The number of alkyl halides is 3. The van der Waals surface area contributed by atoms with Crippen molar-refractivity contribution in [3.05, 3.63) is 59.7 Å². The summed E-state index contributed by atoms with van der Waals surface area (Å²) in [6.45, 7) is 2.41. The molecule has 1 saturated heterocycles. The maximum absolute atomic E-state index is 12.9. The molecule has 0 spiro atoms. The van der Waals surface area contributed by atoms with Gasteiger partial charge in [-0.1, -0.05) is 24.3 Å². The molecule has 0 aromatic heterocycles. The maximum atomic E-state index is 12.9. The van der Waals surface area contributed by atoms with Crippen LogP contribution in [0, 0.1) is 5.92 Å². The number of para-hydroxylation sites is 1. The lowest BCUT2D eigenvalue weighted by atomic mass is 9.98. The average molecular weight is 471 g/mol. The van der Waals surface area contributed by atoms with Crippen LogP contribution in [0.15, 0.2) is 53.4 Å². The van der Waals surface area contributed by atoms with Gasteiger partial charge in [0.05, 0.1) is 23.0 Å². The lowest BCUT2D eigenvalue weighted by Gasteiger charge is -2.30. The van der Waals surface area contributed by atoms with E-state index in [2.05, 4.69) is 0 Å². The lowest BCUT2D eigenvalue weighted by molar-refractivity contribution is -0.151. The second-order valence-corrected chi connectivity index (χ2v) is 9.29. The SMILES string of the molecule is CCOc1ccccc1COC(=O)C1CCN(S(=O)(=O)c2cccc(C(F)(F)F)c2)CC1. The average Bonchev–Trinajstić information content (AvgIpc) is 2.78. The Morgan fingerprint density at radius 1 is 1.09 bits per heavy atom. The molecule has 3 rings (SSSR count). The minimum absolute atomic E-state index is 0.0217. The minimum Gasteiger partial charge on any atom is -0.493 e. The van der Waals surface area contributed by atoms with Crippen LogP contribution in [-0.2, 0) is 32.3 Å². The largest absolute Gasteiger partial charge is 0.493 e. The van der Waals surface area contributed by atoms with Crippen molar-refractivity contribution < 1.29 is 35.9 Å². The van der Waals surface area contributed by atoms with Gasteiger partial charge >= 0.3 is 12.1 Å². The Labute approximate surface area is 185 Å². The van der Waals surface area contributed by atoms with Crippen molar-refractivity contribution in [2.75, 3.05) is 19.7 Å². The van der Waals surface area contributed by atoms with Crippen molar-refractivity contribution in [1.82, 2.24) is 4.31 Å². The molecule has 6 nitrogen and oxygen atoms in total. The number of halogens is 3. The molecule has 0 unspecified atom stereocenters. The van der Waals surface area contributed by atoms with Crippen molar-refractivity contribution in [1.29, 1.82) is 0 Å². The number of sulfonamides is 1. The highest BCUT2D eigenvalue weighted by molar-refractivity contribution is 7.89. The highest BCUT2D eigenvalue weighted by Crippen LogP contribution is 2.32. The van der Waals surface area contributed by atoms with Crippen LogP contribution in [0.25, 0.3) is 0 Å². The first-order valence-electron chi connectivity index (χ1n) is 10.2. The predicted octanol–water partition coefficient (Wildman–Crippen LogP) is 4.25.